The van der Waals surface area contributed by atoms with E-state index < -0.39 is 15.7 Å². The summed E-state index contributed by atoms with van der Waals surface area (Å²) in [5, 5.41) is 0. The van der Waals surface area contributed by atoms with Crippen molar-refractivity contribution in [2.75, 3.05) is 6.26 Å². The van der Waals surface area contributed by atoms with E-state index in [1.54, 1.807) is 0 Å². The zero-order valence-electron chi connectivity index (χ0n) is 14.5. The second-order valence-electron chi connectivity index (χ2n) is 6.62. The van der Waals surface area contributed by atoms with Gasteiger partial charge in [0, 0.05) is 16.7 Å². The fraction of sp³-hybridized carbons (Fsp3) is 0.333. The molecule has 0 fully saturated rings. The molecule has 1 heterocycles. The van der Waals surface area contributed by atoms with E-state index in [4.69, 9.17) is 0 Å². The molecular formula is C18H20N2O4S2. The first-order valence-corrected chi connectivity index (χ1v) is 11.0. The molecule has 1 aromatic heterocycles. The van der Waals surface area contributed by atoms with Crippen LogP contribution in [0.1, 0.15) is 43.8 Å². The third-order valence-corrected chi connectivity index (χ3v) is 6.71. The number of carbonyl (C=O) groups excluding carboxylic acids is 2. The van der Waals surface area contributed by atoms with Gasteiger partial charge in [-0.2, -0.15) is 0 Å². The van der Waals surface area contributed by atoms with Gasteiger partial charge in [-0.25, -0.2) is 8.42 Å². The second kappa shape index (κ2) is 7.20. The van der Waals surface area contributed by atoms with Crippen LogP contribution < -0.4 is 10.9 Å². The lowest BCUT2D eigenvalue weighted by atomic mass is 9.90. The lowest BCUT2D eigenvalue weighted by Gasteiger charge is -2.16. The number of hydrogen-bond donors (Lipinski definition) is 2. The molecule has 26 heavy (non-hydrogen) atoms. The molecule has 1 unspecified atom stereocenters. The molecular weight excluding hydrogens is 372 g/mol. The van der Waals surface area contributed by atoms with E-state index in [0.717, 1.165) is 25.5 Å². The summed E-state index contributed by atoms with van der Waals surface area (Å²) in [4.78, 5) is 26.3. The van der Waals surface area contributed by atoms with Crippen LogP contribution in [0, 0.1) is 5.92 Å². The van der Waals surface area contributed by atoms with Gasteiger partial charge in [0.25, 0.3) is 11.8 Å². The molecule has 0 saturated heterocycles. The zero-order chi connectivity index (χ0) is 18.9. The number of carbonyl (C=O) groups is 2. The van der Waals surface area contributed by atoms with Gasteiger partial charge in [0.1, 0.15) is 0 Å². The number of fused-ring (bicyclic) bond motifs is 1. The van der Waals surface area contributed by atoms with E-state index >= 15 is 0 Å². The standard InChI is InChI=1S/C18H20N2O4S2/c1-11-6-7-15-13(8-11)10-16(25-15)18(22)20-19-17(21)12-4-3-5-14(9-12)26(2,23)24/h3-5,9-11H,6-8H2,1-2H3,(H,19,21)(H,20,22). The average molecular weight is 393 g/mol. The van der Waals surface area contributed by atoms with Crippen molar-refractivity contribution < 1.29 is 18.0 Å². The van der Waals surface area contributed by atoms with Gasteiger partial charge in [0.05, 0.1) is 9.77 Å². The number of hydrogen-bond acceptors (Lipinski definition) is 5. The Kier molecular flexibility index (Phi) is 5.15. The maximum Gasteiger partial charge on any atom is 0.279 e. The van der Waals surface area contributed by atoms with Gasteiger partial charge in [-0.05, 0) is 55.0 Å². The second-order valence-corrected chi connectivity index (χ2v) is 9.77. The van der Waals surface area contributed by atoms with Crippen molar-refractivity contribution in [1.82, 2.24) is 10.9 Å². The normalized spacial score (nSPS) is 16.6. The first kappa shape index (κ1) is 18.6. The molecule has 2 aromatic rings. The van der Waals surface area contributed by atoms with Gasteiger partial charge < -0.3 is 0 Å². The van der Waals surface area contributed by atoms with Crippen LogP contribution in [0.3, 0.4) is 0 Å². The maximum atomic E-state index is 12.3. The van der Waals surface area contributed by atoms with Crippen LogP contribution in [0.5, 0.6) is 0 Å². The molecule has 0 radical (unpaired) electrons. The number of sulfone groups is 1. The van der Waals surface area contributed by atoms with Crippen LogP contribution >= 0.6 is 11.3 Å². The highest BCUT2D eigenvalue weighted by molar-refractivity contribution is 7.90. The lowest BCUT2D eigenvalue weighted by Crippen LogP contribution is -2.41. The van der Waals surface area contributed by atoms with Crippen molar-refractivity contribution in [3.63, 3.8) is 0 Å². The highest BCUT2D eigenvalue weighted by atomic mass is 32.2. The number of nitrogens with one attached hydrogen (secondary N) is 2. The van der Waals surface area contributed by atoms with E-state index in [1.165, 1.54) is 46.0 Å². The number of amides is 2. The van der Waals surface area contributed by atoms with Gasteiger partial charge in [0.15, 0.2) is 9.84 Å². The number of rotatable bonds is 3. The first-order chi connectivity index (χ1) is 12.2. The van der Waals surface area contributed by atoms with E-state index in [-0.39, 0.29) is 16.4 Å². The maximum absolute atomic E-state index is 12.3. The topological polar surface area (TPSA) is 92.3 Å². The molecule has 2 N–H and O–H groups in total. The Morgan fingerprint density at radius 1 is 1.15 bits per heavy atom. The van der Waals surface area contributed by atoms with Gasteiger partial charge in [-0.3, -0.25) is 20.4 Å². The van der Waals surface area contributed by atoms with Gasteiger partial charge in [0.2, 0.25) is 0 Å². The van der Waals surface area contributed by atoms with Crippen LogP contribution in [0.15, 0.2) is 35.2 Å². The SMILES string of the molecule is CC1CCc2sc(C(=O)NNC(=O)c3cccc(S(C)(=O)=O)c3)cc2C1. The third kappa shape index (κ3) is 4.13. The minimum absolute atomic E-state index is 0.0523. The van der Waals surface area contributed by atoms with Crippen molar-refractivity contribution in [3.8, 4) is 0 Å². The molecule has 1 aromatic carbocycles. The van der Waals surface area contributed by atoms with Crippen molar-refractivity contribution >= 4 is 33.0 Å². The first-order valence-electron chi connectivity index (χ1n) is 8.26. The van der Waals surface area contributed by atoms with Crippen LogP contribution in [0.4, 0.5) is 0 Å². The van der Waals surface area contributed by atoms with Gasteiger partial charge in [-0.15, -0.1) is 11.3 Å². The number of aryl methyl sites for hydroxylation is 1. The van der Waals surface area contributed by atoms with Crippen molar-refractivity contribution in [2.24, 2.45) is 5.92 Å². The smallest absolute Gasteiger partial charge is 0.267 e. The van der Waals surface area contributed by atoms with Crippen LogP contribution in [-0.4, -0.2) is 26.5 Å². The van der Waals surface area contributed by atoms with Gasteiger partial charge in [-0.1, -0.05) is 13.0 Å². The fourth-order valence-electron chi connectivity index (χ4n) is 2.93. The highest BCUT2D eigenvalue weighted by Gasteiger charge is 2.21. The summed E-state index contributed by atoms with van der Waals surface area (Å²) in [7, 11) is -3.41. The summed E-state index contributed by atoms with van der Waals surface area (Å²) < 4.78 is 23.2. The number of thiophene rings is 1. The van der Waals surface area contributed by atoms with E-state index in [2.05, 4.69) is 17.8 Å². The number of hydrazine groups is 1. The van der Waals surface area contributed by atoms with Crippen molar-refractivity contribution in [2.45, 2.75) is 31.1 Å². The molecule has 1 atom stereocenters. The van der Waals surface area contributed by atoms with Crippen LogP contribution in [-0.2, 0) is 22.7 Å². The molecule has 0 spiro atoms. The summed E-state index contributed by atoms with van der Waals surface area (Å²) in [5.41, 5.74) is 6.11. The minimum atomic E-state index is -3.41. The Bertz CT molecular complexity index is 963. The third-order valence-electron chi connectivity index (χ3n) is 4.37. The molecule has 2 amide bonds. The molecule has 138 valence electrons. The quantitative estimate of drug-likeness (QED) is 0.785. The summed E-state index contributed by atoms with van der Waals surface area (Å²) >= 11 is 1.46. The van der Waals surface area contributed by atoms with Crippen molar-refractivity contribution in [3.05, 3.63) is 51.2 Å². The predicted octanol–water partition coefficient (Wildman–Crippen LogP) is 2.35. The minimum Gasteiger partial charge on any atom is -0.267 e. The molecule has 1 aliphatic carbocycles. The van der Waals surface area contributed by atoms with E-state index in [9.17, 15) is 18.0 Å². The Hall–Kier alpha value is -2.19. The molecule has 1 aliphatic rings. The summed E-state index contributed by atoms with van der Waals surface area (Å²) in [6, 6.07) is 7.56. The average Bonchev–Trinajstić information content (AvgIpc) is 3.02. The van der Waals surface area contributed by atoms with E-state index in [1.807, 2.05) is 6.07 Å². The Labute approximate surface area is 156 Å². The molecule has 0 saturated carbocycles. The molecule has 0 bridgehead atoms. The Balaban J connectivity index is 1.66. The van der Waals surface area contributed by atoms with Crippen LogP contribution in [0.2, 0.25) is 0 Å². The van der Waals surface area contributed by atoms with Crippen molar-refractivity contribution in [1.29, 1.82) is 0 Å². The summed E-state index contributed by atoms with van der Waals surface area (Å²) in [6.45, 7) is 2.20. The Morgan fingerprint density at radius 3 is 2.62 bits per heavy atom. The predicted molar refractivity (Wildman–Crippen MR) is 100.0 cm³/mol. The Morgan fingerprint density at radius 2 is 1.88 bits per heavy atom. The summed E-state index contributed by atoms with van der Waals surface area (Å²) in [6.07, 6.45) is 4.16. The number of benzene rings is 1. The fourth-order valence-corrected chi connectivity index (χ4v) is 4.70. The van der Waals surface area contributed by atoms with Crippen LogP contribution in [0.25, 0.3) is 0 Å². The van der Waals surface area contributed by atoms with E-state index in [0.29, 0.717) is 10.8 Å². The monoisotopic (exact) mass is 392 g/mol. The summed E-state index contributed by atoms with van der Waals surface area (Å²) in [5.74, 6) is -0.321. The largest absolute Gasteiger partial charge is 0.279 e. The molecule has 3 rings (SSSR count). The molecule has 8 heteroatoms. The highest BCUT2D eigenvalue weighted by Crippen LogP contribution is 2.32. The van der Waals surface area contributed by atoms with Gasteiger partial charge >= 0.3 is 0 Å². The zero-order valence-corrected chi connectivity index (χ0v) is 16.2. The lowest BCUT2D eigenvalue weighted by molar-refractivity contribution is 0.0848. The molecule has 6 nitrogen and oxygen atoms in total. The molecule has 0 aliphatic heterocycles.